The number of rotatable bonds is 15. The average Bonchev–Trinajstić information content (AvgIpc) is 4.02. The molecule has 1 heterocycles. The molecule has 6 fully saturated rings. The van der Waals surface area contributed by atoms with Crippen molar-refractivity contribution < 1.29 is 32.4 Å². The Bertz CT molecular complexity index is 1540. The molecule has 51 heavy (non-hydrogen) atoms. The van der Waals surface area contributed by atoms with Crippen molar-refractivity contribution >= 4 is 39.6 Å². The first-order valence-corrected chi connectivity index (χ1v) is 20.8. The third kappa shape index (κ3) is 7.72. The van der Waals surface area contributed by atoms with Gasteiger partial charge < -0.3 is 26.2 Å². The van der Waals surface area contributed by atoms with Crippen LogP contribution in [0.5, 0.6) is 0 Å². The van der Waals surface area contributed by atoms with Crippen LogP contribution >= 0.6 is 0 Å². The van der Waals surface area contributed by atoms with Crippen LogP contribution in [0.25, 0.3) is 0 Å². The largest absolute Gasteiger partial charge is 0.346 e. The molecular formula is C37H58N6O7S. The summed E-state index contributed by atoms with van der Waals surface area (Å²) in [4.78, 5) is 70.8. The highest BCUT2D eigenvalue weighted by atomic mass is 32.2. The van der Waals surface area contributed by atoms with Gasteiger partial charge in [-0.2, -0.15) is 0 Å². The summed E-state index contributed by atoms with van der Waals surface area (Å²) in [5.74, 6) is -0.573. The van der Waals surface area contributed by atoms with Crippen molar-refractivity contribution in [3.05, 3.63) is 12.7 Å². The minimum absolute atomic E-state index is 0.0402. The van der Waals surface area contributed by atoms with E-state index in [1.165, 1.54) is 17.4 Å². The summed E-state index contributed by atoms with van der Waals surface area (Å²) in [6.45, 7) is 9.99. The maximum Gasteiger partial charge on any atom is 0.315 e. The maximum atomic E-state index is 14.9. The van der Waals surface area contributed by atoms with Gasteiger partial charge in [-0.15, -0.1) is 6.58 Å². The SMILES string of the molecule is C=CCNC(=O)C(=O)C(CC1CC1)NC(=O)[C@@H]1[C@H]2CC3C4CC34[C@H]2CN1C(=O)[C@@H](NC(=O)N[C@H](CN(C)S(C)(=O)=O)C(C)(C)C)C1CCCCC1. The van der Waals surface area contributed by atoms with Crippen LogP contribution < -0.4 is 21.3 Å². The van der Waals surface area contributed by atoms with Crippen LogP contribution in [0.1, 0.15) is 85.0 Å². The molecule has 1 spiro atoms. The number of sulfonamides is 1. The number of hydrogen-bond donors (Lipinski definition) is 4. The molecule has 0 bridgehead atoms. The molecule has 13 nitrogen and oxygen atoms in total. The van der Waals surface area contributed by atoms with Gasteiger partial charge in [-0.25, -0.2) is 17.5 Å². The third-order valence-corrected chi connectivity index (χ3v) is 14.4. The number of carbonyl (C=O) groups is 5. The first-order chi connectivity index (χ1) is 24.0. The van der Waals surface area contributed by atoms with Crippen LogP contribution in [-0.2, 0) is 29.2 Å². The molecule has 14 heteroatoms. The number of ketones is 1. The van der Waals surface area contributed by atoms with Gasteiger partial charge in [0.15, 0.2) is 0 Å². The summed E-state index contributed by atoms with van der Waals surface area (Å²) in [6.07, 6.45) is 11.3. The summed E-state index contributed by atoms with van der Waals surface area (Å²) in [6, 6.07) is -3.75. The standard InChI is InChI=1S/C37H58N6O7S/c1-7-15-38-33(46)31(44)27(16-21-13-14-21)39-32(45)30-23-17-24-25-18-37(24,25)26(23)19-43(30)34(47)29(22-11-9-8-10-12-22)41-35(48)40-28(36(2,3)4)20-42(5)51(6,49)50/h7,21-30H,1,8-20H2,2-6H3,(H,38,46)(H,39,45)(H2,40,41,48)/t23-,24?,25?,26-,27?,28+,29-,30-,37?/m0/s1. The lowest BCUT2D eigenvalue weighted by atomic mass is 9.83. The molecule has 9 atom stereocenters. The lowest BCUT2D eigenvalue weighted by Gasteiger charge is -2.37. The fraction of sp³-hybridized carbons (Fsp3) is 0.811. The van der Waals surface area contributed by atoms with Gasteiger partial charge in [-0.3, -0.25) is 19.2 Å². The van der Waals surface area contributed by atoms with Gasteiger partial charge in [0.05, 0.1) is 12.3 Å². The van der Waals surface area contributed by atoms with Crippen molar-refractivity contribution in [2.45, 2.75) is 109 Å². The molecule has 5 saturated carbocycles. The molecule has 0 radical (unpaired) electrons. The third-order valence-electron chi connectivity index (χ3n) is 13.2. The maximum absolute atomic E-state index is 14.9. The minimum atomic E-state index is -3.49. The zero-order valence-corrected chi connectivity index (χ0v) is 31.7. The molecular weight excluding hydrogens is 673 g/mol. The van der Waals surface area contributed by atoms with Gasteiger partial charge in [-0.05, 0) is 78.4 Å². The molecule has 4 unspecified atom stereocenters. The molecule has 6 rings (SSSR count). The second kappa shape index (κ2) is 14.1. The Kier molecular flexibility index (Phi) is 10.4. The van der Waals surface area contributed by atoms with Gasteiger partial charge in [0, 0.05) is 32.7 Å². The van der Waals surface area contributed by atoms with Crippen LogP contribution in [0.4, 0.5) is 4.79 Å². The number of nitrogens with one attached hydrogen (secondary N) is 4. The van der Waals surface area contributed by atoms with E-state index in [0.717, 1.165) is 64.0 Å². The minimum Gasteiger partial charge on any atom is -0.346 e. The van der Waals surface area contributed by atoms with Crippen molar-refractivity contribution in [3.8, 4) is 0 Å². The lowest BCUT2D eigenvalue weighted by Crippen LogP contribution is -2.61. The van der Waals surface area contributed by atoms with Crippen molar-refractivity contribution in [3.63, 3.8) is 0 Å². The molecule has 0 aromatic heterocycles. The van der Waals surface area contributed by atoms with E-state index in [2.05, 4.69) is 27.8 Å². The predicted octanol–water partition coefficient (Wildman–Crippen LogP) is 2.18. The Morgan fingerprint density at radius 1 is 0.980 bits per heavy atom. The molecule has 284 valence electrons. The van der Waals surface area contributed by atoms with Crippen LogP contribution in [-0.4, -0.2) is 104 Å². The monoisotopic (exact) mass is 730 g/mol. The summed E-state index contributed by atoms with van der Waals surface area (Å²) < 4.78 is 25.7. The molecule has 0 aromatic rings. The molecule has 0 aromatic carbocycles. The van der Waals surface area contributed by atoms with Crippen molar-refractivity contribution in [1.29, 1.82) is 0 Å². The topological polar surface area (TPSA) is 174 Å². The summed E-state index contributed by atoms with van der Waals surface area (Å²) in [7, 11) is -2.02. The van der Waals surface area contributed by atoms with Crippen molar-refractivity contribution in [1.82, 2.24) is 30.5 Å². The van der Waals surface area contributed by atoms with Crippen molar-refractivity contribution in [2.24, 2.45) is 46.3 Å². The number of amides is 5. The van der Waals surface area contributed by atoms with E-state index >= 15 is 0 Å². The number of hydrogen-bond acceptors (Lipinski definition) is 7. The normalized spacial score (nSPS) is 31.3. The average molecular weight is 731 g/mol. The van der Waals surface area contributed by atoms with Crippen LogP contribution in [0.2, 0.25) is 0 Å². The highest BCUT2D eigenvalue weighted by molar-refractivity contribution is 7.88. The van der Waals surface area contributed by atoms with Gasteiger partial charge >= 0.3 is 6.03 Å². The first kappa shape index (κ1) is 37.7. The Morgan fingerprint density at radius 2 is 1.67 bits per heavy atom. The summed E-state index contributed by atoms with van der Waals surface area (Å²) in [5, 5.41) is 11.5. The Hall–Kier alpha value is -3.00. The number of likely N-dealkylation sites (tertiary alicyclic amines) is 1. The Labute approximate surface area is 302 Å². The lowest BCUT2D eigenvalue weighted by molar-refractivity contribution is -0.144. The molecule has 1 aliphatic heterocycles. The van der Waals surface area contributed by atoms with E-state index in [9.17, 15) is 32.4 Å². The number of likely N-dealkylation sites (N-methyl/N-ethyl adjacent to an activating group) is 1. The first-order valence-electron chi connectivity index (χ1n) is 19.0. The molecule has 4 N–H and O–H groups in total. The van der Waals surface area contributed by atoms with E-state index in [4.69, 9.17) is 0 Å². The number of carbonyl (C=O) groups excluding carboxylic acids is 5. The van der Waals surface area contributed by atoms with E-state index in [1.807, 2.05) is 20.8 Å². The van der Waals surface area contributed by atoms with Crippen molar-refractivity contribution in [2.75, 3.05) is 32.9 Å². The number of Topliss-reactive ketones (excluding diaryl/α,β-unsaturated/α-hetero) is 1. The predicted molar refractivity (Wildman–Crippen MR) is 191 cm³/mol. The molecule has 5 amide bonds. The molecule has 1 saturated heterocycles. The molecule has 5 aliphatic carbocycles. The van der Waals surface area contributed by atoms with Crippen LogP contribution in [0.3, 0.4) is 0 Å². The number of urea groups is 1. The second-order valence-electron chi connectivity index (χ2n) is 17.5. The van der Waals surface area contributed by atoms with E-state index < -0.39 is 63.2 Å². The Morgan fingerprint density at radius 3 is 2.25 bits per heavy atom. The zero-order valence-electron chi connectivity index (χ0n) is 30.9. The smallest absolute Gasteiger partial charge is 0.315 e. The van der Waals surface area contributed by atoms with Gasteiger partial charge in [-0.1, -0.05) is 59.0 Å². The fourth-order valence-electron chi connectivity index (χ4n) is 9.68. The summed E-state index contributed by atoms with van der Waals surface area (Å²) >= 11 is 0. The highest BCUT2D eigenvalue weighted by Gasteiger charge is 2.87. The van der Waals surface area contributed by atoms with E-state index in [-0.39, 0.29) is 48.1 Å². The van der Waals surface area contributed by atoms with Gasteiger partial charge in [0.1, 0.15) is 12.1 Å². The van der Waals surface area contributed by atoms with Crippen LogP contribution in [0.15, 0.2) is 12.7 Å². The van der Waals surface area contributed by atoms with Gasteiger partial charge in [0.25, 0.3) is 5.91 Å². The quantitative estimate of drug-likeness (QED) is 0.148. The summed E-state index contributed by atoms with van der Waals surface area (Å²) in [5.41, 5.74) is -0.281. The number of nitrogens with zero attached hydrogens (tertiary/aromatic N) is 2. The zero-order chi connectivity index (χ0) is 37.0. The number of fused-ring (bicyclic) bond motifs is 2. The fourth-order valence-corrected chi connectivity index (χ4v) is 10.1. The highest BCUT2D eigenvalue weighted by Crippen LogP contribution is 2.90. The van der Waals surface area contributed by atoms with Crippen LogP contribution in [0, 0.1) is 46.3 Å². The molecule has 6 aliphatic rings. The van der Waals surface area contributed by atoms with E-state index in [0.29, 0.717) is 24.8 Å². The van der Waals surface area contributed by atoms with Gasteiger partial charge in [0.2, 0.25) is 27.6 Å². The van der Waals surface area contributed by atoms with E-state index in [1.54, 1.807) is 4.90 Å². The second-order valence-corrected chi connectivity index (χ2v) is 19.6. The Balaban J connectivity index is 1.23.